The number of aryl methyl sites for hydroxylation is 1. The molecule has 0 atom stereocenters. The molecule has 0 radical (unpaired) electrons. The molecule has 1 heterocycles. The first kappa shape index (κ1) is 20.9. The van der Waals surface area contributed by atoms with Gasteiger partial charge in [-0.2, -0.15) is 0 Å². The minimum atomic E-state index is -0.205. The molecule has 5 nitrogen and oxygen atoms in total. The van der Waals surface area contributed by atoms with Crippen LogP contribution in [-0.2, 0) is 13.1 Å². The second-order valence-electron chi connectivity index (χ2n) is 5.91. The molecule has 0 aliphatic heterocycles. The van der Waals surface area contributed by atoms with E-state index in [4.69, 9.17) is 4.52 Å². The molecule has 0 aliphatic carbocycles. The molecular weight excluding hydrogens is 458 g/mol. The fourth-order valence-electron chi connectivity index (χ4n) is 2.46. The molecule has 7 heteroatoms. The number of benzene rings is 2. The van der Waals surface area contributed by atoms with Gasteiger partial charge in [-0.05, 0) is 24.1 Å². The highest BCUT2D eigenvalue weighted by atomic mass is 127. The summed E-state index contributed by atoms with van der Waals surface area (Å²) in [7, 11) is 1.68. The third-order valence-electron chi connectivity index (χ3n) is 3.97. The smallest absolute Gasteiger partial charge is 0.191 e. The number of hydrogen-bond acceptors (Lipinski definition) is 3. The summed E-state index contributed by atoms with van der Waals surface area (Å²) in [6.45, 7) is 2.69. The molecule has 0 aliphatic rings. The van der Waals surface area contributed by atoms with E-state index in [2.05, 4.69) is 20.8 Å². The Labute approximate surface area is 175 Å². The van der Waals surface area contributed by atoms with E-state index in [9.17, 15) is 4.39 Å². The zero-order valence-corrected chi connectivity index (χ0v) is 17.5. The van der Waals surface area contributed by atoms with E-state index in [1.54, 1.807) is 20.0 Å². The van der Waals surface area contributed by atoms with Crippen molar-refractivity contribution in [2.75, 3.05) is 7.05 Å². The molecule has 0 fully saturated rings. The van der Waals surface area contributed by atoms with Crippen LogP contribution in [0.4, 0.5) is 4.39 Å². The first-order valence-corrected chi connectivity index (χ1v) is 8.36. The third kappa shape index (κ3) is 5.78. The summed E-state index contributed by atoms with van der Waals surface area (Å²) >= 11 is 0. The molecule has 3 aromatic rings. The fourth-order valence-corrected chi connectivity index (χ4v) is 2.46. The summed E-state index contributed by atoms with van der Waals surface area (Å²) in [5, 5.41) is 10.4. The lowest BCUT2D eigenvalue weighted by atomic mass is 10.1. The molecule has 1 aromatic heterocycles. The Balaban J connectivity index is 0.00000261. The van der Waals surface area contributed by atoms with Crippen LogP contribution in [0.5, 0.6) is 0 Å². The van der Waals surface area contributed by atoms with Crippen LogP contribution in [0.1, 0.15) is 16.8 Å². The van der Waals surface area contributed by atoms with Gasteiger partial charge in [0.1, 0.15) is 11.5 Å². The molecule has 0 saturated carbocycles. The monoisotopic (exact) mass is 480 g/mol. The fraction of sp³-hybridized carbons (Fsp3) is 0.200. The number of guanidine groups is 1. The van der Waals surface area contributed by atoms with E-state index in [1.807, 2.05) is 42.5 Å². The lowest BCUT2D eigenvalue weighted by Crippen LogP contribution is -2.36. The minimum absolute atomic E-state index is 0. The predicted octanol–water partition coefficient (Wildman–Crippen LogP) is 4.27. The number of aliphatic imine (C=N–C) groups is 1. The van der Waals surface area contributed by atoms with Crippen molar-refractivity contribution in [3.63, 3.8) is 0 Å². The van der Waals surface area contributed by atoms with Crippen LogP contribution >= 0.6 is 24.0 Å². The maximum absolute atomic E-state index is 13.6. The lowest BCUT2D eigenvalue weighted by molar-refractivity contribution is 0.422. The van der Waals surface area contributed by atoms with Gasteiger partial charge < -0.3 is 15.2 Å². The van der Waals surface area contributed by atoms with Crippen LogP contribution in [0.15, 0.2) is 64.1 Å². The molecule has 0 amide bonds. The zero-order chi connectivity index (χ0) is 18.4. The minimum Gasteiger partial charge on any atom is -0.356 e. The van der Waals surface area contributed by atoms with E-state index in [0.29, 0.717) is 24.6 Å². The first-order valence-electron chi connectivity index (χ1n) is 8.36. The van der Waals surface area contributed by atoms with Crippen molar-refractivity contribution in [1.82, 2.24) is 15.8 Å². The van der Waals surface area contributed by atoms with E-state index >= 15 is 0 Å². The van der Waals surface area contributed by atoms with Gasteiger partial charge >= 0.3 is 0 Å². The van der Waals surface area contributed by atoms with Crippen molar-refractivity contribution in [3.05, 3.63) is 77.2 Å². The molecule has 3 rings (SSSR count). The third-order valence-corrected chi connectivity index (χ3v) is 3.97. The Morgan fingerprint density at radius 2 is 1.81 bits per heavy atom. The van der Waals surface area contributed by atoms with Gasteiger partial charge in [0.05, 0.1) is 6.54 Å². The Bertz CT molecular complexity index is 896. The maximum atomic E-state index is 13.6. The first-order chi connectivity index (χ1) is 12.7. The molecular formula is C20H22FIN4O. The summed E-state index contributed by atoms with van der Waals surface area (Å²) < 4.78 is 19.0. The van der Waals surface area contributed by atoms with Gasteiger partial charge in [0.15, 0.2) is 11.7 Å². The van der Waals surface area contributed by atoms with Gasteiger partial charge in [-0.3, -0.25) is 4.99 Å². The van der Waals surface area contributed by atoms with Crippen molar-refractivity contribution >= 4 is 29.9 Å². The summed E-state index contributed by atoms with van der Waals surface area (Å²) in [5.41, 5.74) is 3.24. The van der Waals surface area contributed by atoms with Crippen molar-refractivity contribution in [3.8, 4) is 11.3 Å². The quantitative estimate of drug-likeness (QED) is 0.325. The average molecular weight is 480 g/mol. The maximum Gasteiger partial charge on any atom is 0.191 e. The van der Waals surface area contributed by atoms with Crippen molar-refractivity contribution in [2.24, 2.45) is 4.99 Å². The topological polar surface area (TPSA) is 62.5 Å². The number of rotatable bonds is 5. The Hall–Kier alpha value is -2.42. The lowest BCUT2D eigenvalue weighted by Gasteiger charge is -2.11. The predicted molar refractivity (Wildman–Crippen MR) is 116 cm³/mol. The van der Waals surface area contributed by atoms with Crippen LogP contribution in [0.3, 0.4) is 0 Å². The Kier molecular flexibility index (Phi) is 7.78. The van der Waals surface area contributed by atoms with Crippen molar-refractivity contribution in [2.45, 2.75) is 20.0 Å². The van der Waals surface area contributed by atoms with Crippen LogP contribution in [0.2, 0.25) is 0 Å². The van der Waals surface area contributed by atoms with E-state index in [1.165, 1.54) is 6.07 Å². The summed E-state index contributed by atoms with van der Waals surface area (Å²) in [6.07, 6.45) is 0. The van der Waals surface area contributed by atoms with E-state index in [-0.39, 0.29) is 29.8 Å². The van der Waals surface area contributed by atoms with Crippen molar-refractivity contribution in [1.29, 1.82) is 0 Å². The number of nitrogens with one attached hydrogen (secondary N) is 2. The molecule has 142 valence electrons. The SMILES string of the molecule is CN=C(NCc1ccc(C)c(F)c1)NCc1cc(-c2ccccc2)on1.I. The van der Waals surface area contributed by atoms with Crippen LogP contribution in [0.25, 0.3) is 11.3 Å². The van der Waals surface area contributed by atoms with Crippen LogP contribution in [-0.4, -0.2) is 18.2 Å². The second-order valence-corrected chi connectivity index (χ2v) is 5.91. The largest absolute Gasteiger partial charge is 0.356 e. The highest BCUT2D eigenvalue weighted by molar-refractivity contribution is 14.0. The molecule has 0 saturated heterocycles. The Morgan fingerprint density at radius 3 is 2.52 bits per heavy atom. The van der Waals surface area contributed by atoms with Crippen molar-refractivity contribution < 1.29 is 8.91 Å². The molecule has 0 unspecified atom stereocenters. The van der Waals surface area contributed by atoms with Gasteiger partial charge in [-0.1, -0.05) is 47.6 Å². The van der Waals surface area contributed by atoms with E-state index < -0.39 is 0 Å². The second kappa shape index (κ2) is 10.1. The summed E-state index contributed by atoms with van der Waals surface area (Å²) in [4.78, 5) is 4.17. The van der Waals surface area contributed by atoms with Gasteiger partial charge in [0, 0.05) is 25.2 Å². The zero-order valence-electron chi connectivity index (χ0n) is 15.2. The van der Waals surface area contributed by atoms with Gasteiger partial charge in [0.25, 0.3) is 0 Å². The highest BCUT2D eigenvalue weighted by Crippen LogP contribution is 2.19. The average Bonchev–Trinajstić information content (AvgIpc) is 3.14. The molecule has 27 heavy (non-hydrogen) atoms. The number of halogens is 2. The molecule has 0 spiro atoms. The van der Waals surface area contributed by atoms with Crippen LogP contribution in [0, 0.1) is 12.7 Å². The molecule has 0 bridgehead atoms. The normalized spacial score (nSPS) is 11.0. The summed E-state index contributed by atoms with van der Waals surface area (Å²) in [5.74, 6) is 1.12. The van der Waals surface area contributed by atoms with E-state index in [0.717, 1.165) is 22.6 Å². The highest BCUT2D eigenvalue weighted by Gasteiger charge is 2.07. The van der Waals surface area contributed by atoms with Crippen LogP contribution < -0.4 is 10.6 Å². The number of nitrogens with zero attached hydrogens (tertiary/aromatic N) is 2. The van der Waals surface area contributed by atoms with Gasteiger partial charge in [0.2, 0.25) is 0 Å². The number of hydrogen-bond donors (Lipinski definition) is 2. The standard InChI is InChI=1S/C20H21FN4O.HI/c1-14-8-9-15(10-18(14)21)12-23-20(22-2)24-13-17-11-19(26-25-17)16-6-4-3-5-7-16;/h3-11H,12-13H2,1-2H3,(H2,22,23,24);1H. The van der Waals surface area contributed by atoms with Gasteiger partial charge in [-0.15, -0.1) is 24.0 Å². The molecule has 2 aromatic carbocycles. The summed E-state index contributed by atoms with van der Waals surface area (Å²) in [6, 6.07) is 16.9. The molecule has 2 N–H and O–H groups in total. The number of aromatic nitrogens is 1. The van der Waals surface area contributed by atoms with Gasteiger partial charge in [-0.25, -0.2) is 4.39 Å². The Morgan fingerprint density at radius 1 is 1.07 bits per heavy atom.